The van der Waals surface area contributed by atoms with Crippen LogP contribution in [0.1, 0.15) is 1.43 Å². The van der Waals surface area contributed by atoms with Crippen molar-refractivity contribution in [1.82, 2.24) is 0 Å². The minimum atomic E-state index is -1.83. The Balaban J connectivity index is -0.0000000150. The Labute approximate surface area is 69.0 Å². The van der Waals surface area contributed by atoms with Gasteiger partial charge in [-0.05, 0) is 0 Å². The summed E-state index contributed by atoms with van der Waals surface area (Å²) in [5, 5.41) is 13.9. The quantitative estimate of drug-likeness (QED) is 0.363. The van der Waals surface area contributed by atoms with Crippen LogP contribution >= 0.6 is 0 Å². The third kappa shape index (κ3) is 110. The second-order valence-corrected chi connectivity index (χ2v) is 0.283. The van der Waals surface area contributed by atoms with Gasteiger partial charge >= 0.3 is 35.7 Å². The summed E-state index contributed by atoms with van der Waals surface area (Å²) in [4.78, 5) is 8.56. The van der Waals surface area contributed by atoms with Crippen LogP contribution < -0.4 is 29.6 Å². The van der Waals surface area contributed by atoms with Gasteiger partial charge in [0.25, 0.3) is 0 Å². The molecule has 3 nitrogen and oxygen atoms in total. The zero-order chi connectivity index (χ0) is 3.58. The standard InChI is InChI=1S/CH2O3.Fe.Na.H/c2-1(3)4;;;/h(H2,2,3,4);;;/q;;+1;-1. The molecule has 0 saturated carbocycles. The van der Waals surface area contributed by atoms with E-state index in [1.54, 1.807) is 0 Å². The van der Waals surface area contributed by atoms with Crippen LogP contribution in [0.4, 0.5) is 4.79 Å². The number of hydrogen-bond acceptors (Lipinski definition) is 1. The topological polar surface area (TPSA) is 57.5 Å². The van der Waals surface area contributed by atoms with E-state index in [0.29, 0.717) is 0 Å². The fraction of sp³-hybridized carbons (Fsp3) is 0. The van der Waals surface area contributed by atoms with Gasteiger partial charge in [-0.25, -0.2) is 4.79 Å². The van der Waals surface area contributed by atoms with Crippen LogP contribution in [0.5, 0.6) is 0 Å². The minimum Gasteiger partial charge on any atom is -1.00 e. The molecule has 0 amide bonds. The summed E-state index contributed by atoms with van der Waals surface area (Å²) < 4.78 is 0. The number of hydrogen-bond donors (Lipinski definition) is 2. The minimum absolute atomic E-state index is 0. The van der Waals surface area contributed by atoms with Gasteiger partial charge in [-0.15, -0.1) is 0 Å². The molecule has 34 valence electrons. The van der Waals surface area contributed by atoms with Gasteiger partial charge in [-0.1, -0.05) is 0 Å². The zero-order valence-corrected chi connectivity index (χ0v) is 6.26. The Kier molecular flexibility index (Phi) is 24.4. The van der Waals surface area contributed by atoms with Gasteiger partial charge in [0.2, 0.25) is 0 Å². The predicted molar refractivity (Wildman–Crippen MR) is 11.8 cm³/mol. The maximum atomic E-state index is 8.56. The fourth-order valence-electron chi connectivity index (χ4n) is 0. The molecule has 0 aliphatic rings. The van der Waals surface area contributed by atoms with Crippen molar-refractivity contribution in [2.24, 2.45) is 0 Å². The summed E-state index contributed by atoms with van der Waals surface area (Å²) in [6, 6.07) is 0. The van der Waals surface area contributed by atoms with E-state index >= 15 is 0 Å². The third-order valence-electron chi connectivity index (χ3n) is 0. The van der Waals surface area contributed by atoms with Gasteiger partial charge in [0.1, 0.15) is 0 Å². The average molecular weight is 142 g/mol. The van der Waals surface area contributed by atoms with Crippen LogP contribution in [-0.4, -0.2) is 16.4 Å². The molecule has 0 radical (unpaired) electrons. The molecule has 0 fully saturated rings. The van der Waals surface area contributed by atoms with Crippen molar-refractivity contribution in [1.29, 1.82) is 0 Å². The van der Waals surface area contributed by atoms with E-state index in [1.807, 2.05) is 0 Å². The normalized spacial score (nSPS) is 4.00. The molecular weight excluding hydrogens is 139 g/mol. The van der Waals surface area contributed by atoms with Crippen molar-refractivity contribution >= 4 is 6.16 Å². The summed E-state index contributed by atoms with van der Waals surface area (Å²) in [6.45, 7) is 0. The van der Waals surface area contributed by atoms with E-state index in [9.17, 15) is 0 Å². The van der Waals surface area contributed by atoms with Crippen LogP contribution in [0.3, 0.4) is 0 Å². The van der Waals surface area contributed by atoms with Crippen LogP contribution in [0.15, 0.2) is 0 Å². The molecule has 0 saturated heterocycles. The summed E-state index contributed by atoms with van der Waals surface area (Å²) in [5.74, 6) is 0. The smallest absolute Gasteiger partial charge is 1.00 e. The second kappa shape index (κ2) is 9.25. The second-order valence-electron chi connectivity index (χ2n) is 0.283. The molecule has 0 rings (SSSR count). The van der Waals surface area contributed by atoms with Crippen molar-refractivity contribution in [3.8, 4) is 0 Å². The summed E-state index contributed by atoms with van der Waals surface area (Å²) in [6.07, 6.45) is -1.83. The van der Waals surface area contributed by atoms with E-state index < -0.39 is 6.16 Å². The first kappa shape index (κ1) is 15.8. The van der Waals surface area contributed by atoms with Gasteiger partial charge in [-0.3, -0.25) is 0 Å². The number of carboxylic acid groups (broad SMARTS) is 2. The molecule has 0 atom stereocenters. The molecule has 0 aliphatic carbocycles. The van der Waals surface area contributed by atoms with Gasteiger partial charge < -0.3 is 11.6 Å². The molecule has 0 bridgehead atoms. The maximum absolute atomic E-state index is 8.56. The summed E-state index contributed by atoms with van der Waals surface area (Å²) in [5.41, 5.74) is 0. The molecule has 0 spiro atoms. The Morgan fingerprint density at radius 2 is 1.50 bits per heavy atom. The molecule has 5 heteroatoms. The van der Waals surface area contributed by atoms with E-state index in [-0.39, 0.29) is 48.1 Å². The predicted octanol–water partition coefficient (Wildman–Crippen LogP) is -2.66. The SMILES string of the molecule is O=C(O)O.[Fe].[H-].[Na+]. The molecule has 0 heterocycles. The first-order chi connectivity index (χ1) is 1.73. The molecule has 0 aromatic heterocycles. The van der Waals surface area contributed by atoms with Crippen molar-refractivity contribution < 1.29 is 63.1 Å². The van der Waals surface area contributed by atoms with Crippen LogP contribution in [0.25, 0.3) is 0 Å². The van der Waals surface area contributed by atoms with Crippen molar-refractivity contribution in [2.45, 2.75) is 0 Å². The monoisotopic (exact) mass is 142 g/mol. The van der Waals surface area contributed by atoms with E-state index in [4.69, 9.17) is 15.0 Å². The van der Waals surface area contributed by atoms with E-state index in [2.05, 4.69) is 0 Å². The number of rotatable bonds is 0. The third-order valence-corrected chi connectivity index (χ3v) is 0. The van der Waals surface area contributed by atoms with E-state index in [1.165, 1.54) is 0 Å². The molecule has 2 N–H and O–H groups in total. The Hall–Kier alpha value is 0.789. The molecule has 0 unspecified atom stereocenters. The first-order valence-electron chi connectivity index (χ1n) is 0.651. The largest absolute Gasteiger partial charge is 1.00 e. The summed E-state index contributed by atoms with van der Waals surface area (Å²) in [7, 11) is 0. The Morgan fingerprint density at radius 1 is 1.50 bits per heavy atom. The molecule has 6 heavy (non-hydrogen) atoms. The maximum Gasteiger partial charge on any atom is 1.00 e. The first-order valence-corrected chi connectivity index (χ1v) is 0.651. The molecule has 0 aliphatic heterocycles. The van der Waals surface area contributed by atoms with Crippen LogP contribution in [0.2, 0.25) is 0 Å². The van der Waals surface area contributed by atoms with Crippen molar-refractivity contribution in [2.75, 3.05) is 0 Å². The zero-order valence-electron chi connectivity index (χ0n) is 4.16. The molecule has 0 aromatic carbocycles. The Morgan fingerprint density at radius 3 is 1.50 bits per heavy atom. The fourth-order valence-corrected chi connectivity index (χ4v) is 0. The van der Waals surface area contributed by atoms with Crippen molar-refractivity contribution in [3.63, 3.8) is 0 Å². The summed E-state index contributed by atoms with van der Waals surface area (Å²) >= 11 is 0. The molecule has 0 aromatic rings. The van der Waals surface area contributed by atoms with Gasteiger partial charge in [0.15, 0.2) is 0 Å². The number of carbonyl (C=O) groups is 1. The molecular formula is CH3FeNaO3. The Bertz CT molecular complexity index is 37.9. The van der Waals surface area contributed by atoms with Crippen LogP contribution in [-0.2, 0) is 17.1 Å². The van der Waals surface area contributed by atoms with E-state index in [0.717, 1.165) is 0 Å². The van der Waals surface area contributed by atoms with Crippen LogP contribution in [0, 0.1) is 0 Å². The average Bonchev–Trinajstić information content (AvgIpc) is 0.811. The van der Waals surface area contributed by atoms with Gasteiger partial charge in [0, 0.05) is 17.1 Å². The van der Waals surface area contributed by atoms with Gasteiger partial charge in [0.05, 0.1) is 0 Å². The van der Waals surface area contributed by atoms with Gasteiger partial charge in [-0.2, -0.15) is 0 Å². The van der Waals surface area contributed by atoms with Crippen molar-refractivity contribution in [3.05, 3.63) is 0 Å².